The van der Waals surface area contributed by atoms with Crippen LogP contribution in [0.4, 0.5) is 10.5 Å². The molecule has 4 rings (SSSR count). The lowest BCUT2D eigenvalue weighted by atomic mass is 10.1. The number of halogens is 2. The number of hydrogen-bond donors (Lipinski definition) is 1. The first-order valence-corrected chi connectivity index (χ1v) is 13.8. The monoisotopic (exact) mass is 566 g/mol. The maximum atomic E-state index is 13.9. The lowest BCUT2D eigenvalue weighted by Crippen LogP contribution is -2.42. The van der Waals surface area contributed by atoms with Crippen molar-refractivity contribution in [2.24, 2.45) is 5.92 Å². The summed E-state index contributed by atoms with van der Waals surface area (Å²) in [6.07, 6.45) is 0.524. The zero-order valence-corrected chi connectivity index (χ0v) is 24.0. The molecule has 0 aliphatic heterocycles. The first-order valence-electron chi connectivity index (χ1n) is 13.0. The number of amides is 2. The van der Waals surface area contributed by atoms with Crippen molar-refractivity contribution in [1.82, 2.24) is 14.5 Å². The number of carbonyl (C=O) groups excluding carboxylic acids is 1. The highest BCUT2D eigenvalue weighted by molar-refractivity contribution is 6.36. The smallest absolute Gasteiger partial charge is 0.322 e. The largest absolute Gasteiger partial charge is 0.494 e. The summed E-state index contributed by atoms with van der Waals surface area (Å²) in [4.78, 5) is 34.3. The average Bonchev–Trinajstić information content (AvgIpc) is 2.91. The summed E-state index contributed by atoms with van der Waals surface area (Å²) in [5.41, 5.74) is 1.46. The van der Waals surface area contributed by atoms with Crippen LogP contribution in [0.1, 0.15) is 46.0 Å². The quantitative estimate of drug-likeness (QED) is 0.225. The first kappa shape index (κ1) is 28.5. The van der Waals surface area contributed by atoms with E-state index in [-0.39, 0.29) is 17.5 Å². The molecule has 0 aliphatic carbocycles. The number of hydrogen-bond acceptors (Lipinski definition) is 4. The molecule has 4 aromatic rings. The van der Waals surface area contributed by atoms with Crippen LogP contribution >= 0.6 is 23.2 Å². The standard InChI is InChI=1S/C30H32Cl2N4O3/c1-5-27(35(18-19(3)4)30(38)34-26-16-11-20(31)17-24(26)32)28-33-25-10-8-7-9-23(25)29(37)36(28)21-12-14-22(15-13-21)39-6-2/h7-17,19,27H,5-6,18H2,1-4H3,(H,34,38). The highest BCUT2D eigenvalue weighted by Gasteiger charge is 2.30. The third kappa shape index (κ3) is 6.37. The third-order valence-corrected chi connectivity index (χ3v) is 6.81. The molecule has 39 heavy (non-hydrogen) atoms. The number of para-hydroxylation sites is 1. The van der Waals surface area contributed by atoms with Gasteiger partial charge in [-0.1, -0.05) is 56.1 Å². The van der Waals surface area contributed by atoms with E-state index in [0.717, 1.165) is 0 Å². The van der Waals surface area contributed by atoms with Crippen LogP contribution < -0.4 is 15.6 Å². The highest BCUT2D eigenvalue weighted by Crippen LogP contribution is 2.30. The second kappa shape index (κ2) is 12.5. The average molecular weight is 568 g/mol. The number of carbonyl (C=O) groups is 1. The number of urea groups is 1. The van der Waals surface area contributed by atoms with Gasteiger partial charge in [-0.15, -0.1) is 0 Å². The molecule has 204 valence electrons. The zero-order valence-electron chi connectivity index (χ0n) is 22.4. The molecule has 1 unspecified atom stereocenters. The second-order valence-electron chi connectivity index (χ2n) is 9.58. The summed E-state index contributed by atoms with van der Waals surface area (Å²) < 4.78 is 7.20. The van der Waals surface area contributed by atoms with Crippen LogP contribution in [0.5, 0.6) is 5.75 Å². The van der Waals surface area contributed by atoms with Crippen molar-refractivity contribution in [2.75, 3.05) is 18.5 Å². The first-order chi connectivity index (χ1) is 18.7. The number of nitrogens with one attached hydrogen (secondary N) is 1. The number of benzene rings is 3. The van der Waals surface area contributed by atoms with Gasteiger partial charge < -0.3 is 15.0 Å². The van der Waals surface area contributed by atoms with E-state index in [1.165, 1.54) is 0 Å². The Bertz CT molecular complexity index is 1520. The SMILES string of the molecule is CCOc1ccc(-n2c(C(CC)N(CC(C)C)C(=O)Nc3ccc(Cl)cc3Cl)nc3ccccc3c2=O)cc1. The molecule has 0 aliphatic rings. The molecule has 1 heterocycles. The van der Waals surface area contributed by atoms with Crippen molar-refractivity contribution in [1.29, 1.82) is 0 Å². The van der Waals surface area contributed by atoms with Crippen LogP contribution in [0, 0.1) is 5.92 Å². The highest BCUT2D eigenvalue weighted by atomic mass is 35.5. The summed E-state index contributed by atoms with van der Waals surface area (Å²) in [6, 6.07) is 18.6. The molecule has 0 bridgehead atoms. The molecule has 0 spiro atoms. The number of anilines is 1. The Balaban J connectivity index is 1.86. The Hall–Kier alpha value is -3.55. The van der Waals surface area contributed by atoms with Crippen molar-refractivity contribution >= 4 is 45.8 Å². The summed E-state index contributed by atoms with van der Waals surface area (Å²) >= 11 is 12.4. The van der Waals surface area contributed by atoms with Crippen LogP contribution in [0.2, 0.25) is 10.0 Å². The Morgan fingerprint density at radius 2 is 1.77 bits per heavy atom. The van der Waals surface area contributed by atoms with Crippen molar-refractivity contribution in [3.8, 4) is 11.4 Å². The Morgan fingerprint density at radius 3 is 2.41 bits per heavy atom. The van der Waals surface area contributed by atoms with Crippen molar-refractivity contribution in [3.63, 3.8) is 0 Å². The molecule has 1 N–H and O–H groups in total. The summed E-state index contributed by atoms with van der Waals surface area (Å²) in [5, 5.41) is 4.23. The molecule has 0 saturated heterocycles. The predicted molar refractivity (Wildman–Crippen MR) is 159 cm³/mol. The van der Waals surface area contributed by atoms with E-state index in [1.54, 1.807) is 33.7 Å². The van der Waals surface area contributed by atoms with E-state index in [9.17, 15) is 9.59 Å². The van der Waals surface area contributed by atoms with Gasteiger partial charge in [0.15, 0.2) is 0 Å². The molecule has 7 nitrogen and oxygen atoms in total. The fraction of sp³-hybridized carbons (Fsp3) is 0.300. The molecule has 1 atom stereocenters. The maximum Gasteiger partial charge on any atom is 0.322 e. The van der Waals surface area contributed by atoms with Gasteiger partial charge in [-0.25, -0.2) is 9.78 Å². The van der Waals surface area contributed by atoms with Crippen LogP contribution in [-0.4, -0.2) is 33.6 Å². The lowest BCUT2D eigenvalue weighted by molar-refractivity contribution is 0.171. The normalized spacial score (nSPS) is 12.0. The fourth-order valence-electron chi connectivity index (χ4n) is 4.55. The van der Waals surface area contributed by atoms with Crippen LogP contribution in [-0.2, 0) is 0 Å². The minimum Gasteiger partial charge on any atom is -0.494 e. The van der Waals surface area contributed by atoms with Gasteiger partial charge in [0.05, 0.1) is 39.9 Å². The number of fused-ring (bicyclic) bond motifs is 1. The Labute approximate surface area is 238 Å². The number of rotatable bonds is 9. The van der Waals surface area contributed by atoms with E-state index >= 15 is 0 Å². The number of aromatic nitrogens is 2. The summed E-state index contributed by atoms with van der Waals surface area (Å²) in [5.74, 6) is 1.33. The van der Waals surface area contributed by atoms with Crippen molar-refractivity contribution in [3.05, 3.63) is 93.0 Å². The van der Waals surface area contributed by atoms with E-state index < -0.39 is 6.04 Å². The molecule has 0 radical (unpaired) electrons. The van der Waals surface area contributed by atoms with Gasteiger partial charge in [0.1, 0.15) is 11.6 Å². The Kier molecular flexibility index (Phi) is 9.15. The van der Waals surface area contributed by atoms with E-state index in [1.807, 2.05) is 70.2 Å². The topological polar surface area (TPSA) is 76.5 Å². The fourth-order valence-corrected chi connectivity index (χ4v) is 5.00. The van der Waals surface area contributed by atoms with E-state index in [2.05, 4.69) is 5.32 Å². The van der Waals surface area contributed by atoms with Gasteiger partial charge in [0.2, 0.25) is 0 Å². The summed E-state index contributed by atoms with van der Waals surface area (Å²) in [7, 11) is 0. The minimum atomic E-state index is -0.512. The zero-order chi connectivity index (χ0) is 28.1. The number of nitrogens with zero attached hydrogens (tertiary/aromatic N) is 3. The van der Waals surface area contributed by atoms with Gasteiger partial charge in [-0.2, -0.15) is 0 Å². The maximum absolute atomic E-state index is 13.9. The molecule has 9 heteroatoms. The van der Waals surface area contributed by atoms with Crippen LogP contribution in [0.25, 0.3) is 16.6 Å². The van der Waals surface area contributed by atoms with Crippen molar-refractivity contribution < 1.29 is 9.53 Å². The number of ether oxygens (including phenoxy) is 1. The molecule has 3 aromatic carbocycles. The minimum absolute atomic E-state index is 0.150. The van der Waals surface area contributed by atoms with Gasteiger partial charge in [0, 0.05) is 11.6 Å². The van der Waals surface area contributed by atoms with Gasteiger partial charge in [-0.05, 0) is 73.9 Å². The van der Waals surface area contributed by atoms with Gasteiger partial charge in [-0.3, -0.25) is 9.36 Å². The second-order valence-corrected chi connectivity index (χ2v) is 10.4. The third-order valence-electron chi connectivity index (χ3n) is 6.26. The molecular weight excluding hydrogens is 535 g/mol. The van der Waals surface area contributed by atoms with E-state index in [0.29, 0.717) is 63.5 Å². The van der Waals surface area contributed by atoms with Crippen LogP contribution in [0.15, 0.2) is 71.5 Å². The molecule has 2 amide bonds. The molecule has 0 saturated carbocycles. The van der Waals surface area contributed by atoms with Gasteiger partial charge >= 0.3 is 6.03 Å². The summed E-state index contributed by atoms with van der Waals surface area (Å²) in [6.45, 7) is 8.94. The van der Waals surface area contributed by atoms with Crippen LogP contribution in [0.3, 0.4) is 0 Å². The van der Waals surface area contributed by atoms with Crippen molar-refractivity contribution in [2.45, 2.75) is 40.2 Å². The lowest BCUT2D eigenvalue weighted by Gasteiger charge is -2.33. The molecule has 1 aromatic heterocycles. The molecular formula is C30H32Cl2N4O3. The predicted octanol–water partition coefficient (Wildman–Crippen LogP) is 7.73. The Morgan fingerprint density at radius 1 is 1.05 bits per heavy atom. The van der Waals surface area contributed by atoms with Gasteiger partial charge in [0.25, 0.3) is 5.56 Å². The van der Waals surface area contributed by atoms with E-state index in [4.69, 9.17) is 32.9 Å². The molecule has 0 fully saturated rings.